The number of carbonyl (C=O) groups is 1. The normalized spacial score (nSPS) is 10.7. The molecule has 0 spiro atoms. The van der Waals surface area contributed by atoms with Crippen LogP contribution in [0.1, 0.15) is 35.6 Å². The van der Waals surface area contributed by atoms with Gasteiger partial charge in [-0.05, 0) is 56.3 Å². The van der Waals surface area contributed by atoms with Crippen molar-refractivity contribution < 1.29 is 14.3 Å². The largest absolute Gasteiger partial charge is 0.478 e. The van der Waals surface area contributed by atoms with Crippen molar-refractivity contribution in [3.8, 4) is 0 Å². The summed E-state index contributed by atoms with van der Waals surface area (Å²) in [5.74, 6) is 0.677. The molecular weight excluding hydrogens is 356 g/mol. The van der Waals surface area contributed by atoms with E-state index >= 15 is 0 Å². The number of aromatic nitrogens is 2. The summed E-state index contributed by atoms with van der Waals surface area (Å²) in [7, 11) is 1.95. The fourth-order valence-corrected chi connectivity index (χ4v) is 2.90. The maximum Gasteiger partial charge on any atom is 0.338 e. The van der Waals surface area contributed by atoms with Gasteiger partial charge in [-0.1, -0.05) is 0 Å². The molecule has 3 aromatic rings. The first kappa shape index (κ1) is 19.4. The van der Waals surface area contributed by atoms with Crippen LogP contribution in [0.25, 0.3) is 11.0 Å². The molecule has 0 saturated carbocycles. The Bertz CT molecular complexity index is 993. The van der Waals surface area contributed by atoms with E-state index in [-0.39, 0.29) is 11.9 Å². The van der Waals surface area contributed by atoms with E-state index in [1.54, 1.807) is 19.1 Å². The highest BCUT2D eigenvalue weighted by molar-refractivity contribution is 5.94. The number of benzene rings is 2. The average Bonchev–Trinajstić information content (AvgIpc) is 3.02. The summed E-state index contributed by atoms with van der Waals surface area (Å²) in [6, 6.07) is 12.9. The van der Waals surface area contributed by atoms with Gasteiger partial charge in [-0.3, -0.25) is 5.41 Å². The standard InChI is InChI=1S/C21H24N4O3/c1-4-27-20(22)14-6-9-16(10-7-14)23-13-19-24-17-12-15(21(26)28-5-2)8-11-18(17)25(19)3/h6-12,22-23H,4-5,13H2,1-3H3. The Hall–Kier alpha value is -3.35. The van der Waals surface area contributed by atoms with Gasteiger partial charge in [0.1, 0.15) is 5.82 Å². The molecule has 0 bridgehead atoms. The van der Waals surface area contributed by atoms with Crippen LogP contribution < -0.4 is 5.32 Å². The lowest BCUT2D eigenvalue weighted by atomic mass is 10.2. The molecule has 7 heteroatoms. The lowest BCUT2D eigenvalue weighted by Gasteiger charge is -2.09. The van der Waals surface area contributed by atoms with Crippen LogP contribution in [-0.2, 0) is 23.1 Å². The van der Waals surface area contributed by atoms with Crippen molar-refractivity contribution in [3.05, 3.63) is 59.4 Å². The predicted molar refractivity (Wildman–Crippen MR) is 109 cm³/mol. The maximum absolute atomic E-state index is 11.9. The predicted octanol–water partition coefficient (Wildman–Crippen LogP) is 3.72. The number of ether oxygens (including phenoxy) is 2. The van der Waals surface area contributed by atoms with Crippen LogP contribution in [0.15, 0.2) is 42.5 Å². The molecule has 0 fully saturated rings. The Kier molecular flexibility index (Phi) is 5.93. The average molecular weight is 380 g/mol. The smallest absolute Gasteiger partial charge is 0.338 e. The second-order valence-electron chi connectivity index (χ2n) is 6.20. The molecule has 2 aromatic carbocycles. The van der Waals surface area contributed by atoms with E-state index in [1.165, 1.54) is 0 Å². The van der Waals surface area contributed by atoms with Crippen molar-refractivity contribution in [1.29, 1.82) is 5.41 Å². The van der Waals surface area contributed by atoms with Crippen LogP contribution >= 0.6 is 0 Å². The van der Waals surface area contributed by atoms with E-state index < -0.39 is 0 Å². The third-order valence-corrected chi connectivity index (χ3v) is 4.37. The summed E-state index contributed by atoms with van der Waals surface area (Å²) in [4.78, 5) is 16.6. The number of fused-ring (bicyclic) bond motifs is 1. The molecule has 3 rings (SSSR count). The monoisotopic (exact) mass is 380 g/mol. The van der Waals surface area contributed by atoms with Crippen molar-refractivity contribution in [2.45, 2.75) is 20.4 Å². The molecule has 0 aliphatic carbocycles. The van der Waals surface area contributed by atoms with Gasteiger partial charge in [-0.15, -0.1) is 0 Å². The maximum atomic E-state index is 11.9. The number of imidazole rings is 1. The molecule has 7 nitrogen and oxygen atoms in total. The van der Waals surface area contributed by atoms with E-state index in [2.05, 4.69) is 10.3 Å². The van der Waals surface area contributed by atoms with Crippen molar-refractivity contribution in [1.82, 2.24) is 9.55 Å². The Morgan fingerprint density at radius 1 is 1.07 bits per heavy atom. The fourth-order valence-electron chi connectivity index (χ4n) is 2.90. The molecule has 0 saturated heterocycles. The van der Waals surface area contributed by atoms with Crippen molar-refractivity contribution in [2.75, 3.05) is 18.5 Å². The summed E-state index contributed by atoms with van der Waals surface area (Å²) in [5.41, 5.74) is 3.86. The van der Waals surface area contributed by atoms with Gasteiger partial charge in [0.05, 0.1) is 36.4 Å². The Labute approximate surface area is 163 Å². The van der Waals surface area contributed by atoms with Crippen LogP contribution in [0.3, 0.4) is 0 Å². The number of anilines is 1. The molecular formula is C21H24N4O3. The third-order valence-electron chi connectivity index (χ3n) is 4.37. The lowest BCUT2D eigenvalue weighted by Crippen LogP contribution is -2.07. The molecule has 1 aromatic heterocycles. The van der Waals surface area contributed by atoms with Crippen LogP contribution in [0, 0.1) is 5.41 Å². The summed E-state index contributed by atoms with van der Waals surface area (Å²) >= 11 is 0. The Balaban J connectivity index is 1.72. The third kappa shape index (κ3) is 4.14. The van der Waals surface area contributed by atoms with Crippen molar-refractivity contribution in [2.24, 2.45) is 7.05 Å². The van der Waals surface area contributed by atoms with Crippen LogP contribution in [-0.4, -0.2) is 34.6 Å². The molecule has 0 radical (unpaired) electrons. The number of nitrogens with zero attached hydrogens (tertiary/aromatic N) is 2. The topological polar surface area (TPSA) is 89.2 Å². The van der Waals surface area contributed by atoms with Gasteiger partial charge in [-0.25, -0.2) is 9.78 Å². The number of rotatable bonds is 7. The number of esters is 1. The molecule has 0 aliphatic heterocycles. The molecule has 28 heavy (non-hydrogen) atoms. The first-order valence-electron chi connectivity index (χ1n) is 9.21. The minimum Gasteiger partial charge on any atom is -0.478 e. The van der Waals surface area contributed by atoms with Crippen LogP contribution in [0.4, 0.5) is 5.69 Å². The molecule has 146 valence electrons. The van der Waals surface area contributed by atoms with Crippen LogP contribution in [0.5, 0.6) is 0 Å². The van der Waals surface area contributed by atoms with Gasteiger partial charge in [-0.2, -0.15) is 0 Å². The number of carbonyl (C=O) groups excluding carboxylic acids is 1. The zero-order chi connectivity index (χ0) is 20.1. The molecule has 0 aliphatic rings. The zero-order valence-electron chi connectivity index (χ0n) is 16.3. The number of hydrogen-bond donors (Lipinski definition) is 2. The quantitative estimate of drug-likeness (QED) is 0.370. The molecule has 0 unspecified atom stereocenters. The fraction of sp³-hybridized carbons (Fsp3) is 0.286. The molecule has 2 N–H and O–H groups in total. The first-order valence-corrected chi connectivity index (χ1v) is 9.21. The van der Waals surface area contributed by atoms with Gasteiger partial charge in [0.2, 0.25) is 5.90 Å². The minimum absolute atomic E-state index is 0.168. The highest BCUT2D eigenvalue weighted by Crippen LogP contribution is 2.19. The zero-order valence-corrected chi connectivity index (χ0v) is 16.3. The summed E-state index contributed by atoms with van der Waals surface area (Å²) < 4.78 is 12.3. The SMILES string of the molecule is CCOC(=N)c1ccc(NCc2nc3cc(C(=O)OCC)ccc3n2C)cc1. The molecule has 1 heterocycles. The van der Waals surface area contributed by atoms with Gasteiger partial charge in [0.15, 0.2) is 0 Å². The number of hydrogen-bond acceptors (Lipinski definition) is 6. The highest BCUT2D eigenvalue weighted by atomic mass is 16.5. The van der Waals surface area contributed by atoms with Gasteiger partial charge >= 0.3 is 5.97 Å². The first-order chi connectivity index (χ1) is 13.5. The van der Waals surface area contributed by atoms with E-state index in [0.29, 0.717) is 25.3 Å². The van der Waals surface area contributed by atoms with Gasteiger partial charge in [0, 0.05) is 18.3 Å². The van der Waals surface area contributed by atoms with E-state index in [0.717, 1.165) is 28.1 Å². The molecule has 0 atom stereocenters. The summed E-state index contributed by atoms with van der Waals surface area (Å²) in [6.45, 7) is 4.99. The van der Waals surface area contributed by atoms with Crippen LogP contribution in [0.2, 0.25) is 0 Å². The Morgan fingerprint density at radius 3 is 2.43 bits per heavy atom. The van der Waals surface area contributed by atoms with E-state index in [9.17, 15) is 4.79 Å². The summed E-state index contributed by atoms with van der Waals surface area (Å²) in [6.07, 6.45) is 0. The Morgan fingerprint density at radius 2 is 1.75 bits per heavy atom. The van der Waals surface area contributed by atoms with Crippen molar-refractivity contribution in [3.63, 3.8) is 0 Å². The lowest BCUT2D eigenvalue weighted by molar-refractivity contribution is 0.0526. The second-order valence-corrected chi connectivity index (χ2v) is 6.20. The van der Waals surface area contributed by atoms with E-state index in [4.69, 9.17) is 14.9 Å². The molecule has 0 amide bonds. The van der Waals surface area contributed by atoms with Crippen molar-refractivity contribution >= 4 is 28.6 Å². The number of nitrogens with one attached hydrogen (secondary N) is 2. The van der Waals surface area contributed by atoms with Gasteiger partial charge in [0.25, 0.3) is 0 Å². The number of aryl methyl sites for hydroxylation is 1. The van der Waals surface area contributed by atoms with Gasteiger partial charge < -0.3 is 19.4 Å². The van der Waals surface area contributed by atoms with E-state index in [1.807, 2.05) is 48.9 Å². The second kappa shape index (κ2) is 8.56. The summed E-state index contributed by atoms with van der Waals surface area (Å²) in [5, 5.41) is 11.1. The highest BCUT2D eigenvalue weighted by Gasteiger charge is 2.12. The minimum atomic E-state index is -0.340.